The lowest BCUT2D eigenvalue weighted by Gasteiger charge is -2.19. The predicted molar refractivity (Wildman–Crippen MR) is 35.4 cm³/mol. The van der Waals surface area contributed by atoms with Crippen LogP contribution in [0.25, 0.3) is 0 Å². The lowest BCUT2D eigenvalue weighted by Crippen LogP contribution is -2.26. The molecule has 3 rings (SSSR count). The third-order valence-electron chi connectivity index (χ3n) is 3.02. The van der Waals surface area contributed by atoms with Crippen molar-refractivity contribution in [1.29, 1.82) is 0 Å². The van der Waals surface area contributed by atoms with Crippen LogP contribution in [0, 0.1) is 11.8 Å². The Kier molecular flexibility index (Phi) is 0.647. The van der Waals surface area contributed by atoms with Gasteiger partial charge in [0.15, 0.2) is 5.79 Å². The van der Waals surface area contributed by atoms with Crippen molar-refractivity contribution in [2.24, 2.45) is 11.8 Å². The highest BCUT2D eigenvalue weighted by molar-refractivity contribution is 5.28. The first-order valence-electron chi connectivity index (χ1n) is 3.98. The number of ether oxygens (including phenoxy) is 2. The van der Waals surface area contributed by atoms with Crippen molar-refractivity contribution >= 4 is 0 Å². The molecule has 10 heavy (non-hydrogen) atoms. The summed E-state index contributed by atoms with van der Waals surface area (Å²) in [6.45, 7) is 4.84. The van der Waals surface area contributed by atoms with Crippen molar-refractivity contribution in [3.63, 3.8) is 0 Å². The van der Waals surface area contributed by atoms with Crippen LogP contribution in [0.1, 0.15) is 20.3 Å². The van der Waals surface area contributed by atoms with E-state index in [4.69, 9.17) is 9.47 Å². The molecule has 1 aliphatic heterocycles. The summed E-state index contributed by atoms with van der Waals surface area (Å²) < 4.78 is 11.3. The molecule has 2 nitrogen and oxygen atoms in total. The number of fused-ring (bicyclic) bond motifs is 3. The largest absolute Gasteiger partial charge is 0.347 e. The van der Waals surface area contributed by atoms with Gasteiger partial charge in [0.2, 0.25) is 0 Å². The summed E-state index contributed by atoms with van der Waals surface area (Å²) in [7, 11) is 0. The topological polar surface area (TPSA) is 18.5 Å². The molecule has 1 spiro atoms. The van der Waals surface area contributed by atoms with E-state index in [2.05, 4.69) is 0 Å². The smallest absolute Gasteiger partial charge is 0.163 e. The van der Waals surface area contributed by atoms with Gasteiger partial charge < -0.3 is 9.47 Å². The lowest BCUT2D eigenvalue weighted by atomic mass is 10.1. The van der Waals surface area contributed by atoms with Gasteiger partial charge >= 0.3 is 0 Å². The van der Waals surface area contributed by atoms with Crippen LogP contribution in [0.2, 0.25) is 0 Å². The quantitative estimate of drug-likeness (QED) is 0.502. The van der Waals surface area contributed by atoms with Gasteiger partial charge in [0.25, 0.3) is 0 Å². The molecule has 2 aliphatic carbocycles. The van der Waals surface area contributed by atoms with E-state index in [0.29, 0.717) is 0 Å². The van der Waals surface area contributed by atoms with Crippen molar-refractivity contribution in [3.8, 4) is 0 Å². The van der Waals surface area contributed by atoms with Crippen LogP contribution in [0.4, 0.5) is 0 Å². The van der Waals surface area contributed by atoms with Gasteiger partial charge in [-0.25, -0.2) is 0 Å². The summed E-state index contributed by atoms with van der Waals surface area (Å²) in [6, 6.07) is 0. The normalized spacial score (nSPS) is 60.6. The molecule has 0 bridgehead atoms. The van der Waals surface area contributed by atoms with Gasteiger partial charge in [-0.3, -0.25) is 0 Å². The van der Waals surface area contributed by atoms with Gasteiger partial charge in [-0.1, -0.05) is 0 Å². The Labute approximate surface area is 60.5 Å². The maximum absolute atomic E-state index is 5.79. The van der Waals surface area contributed by atoms with Crippen molar-refractivity contribution in [2.45, 2.75) is 31.7 Å². The average molecular weight is 140 g/mol. The third-order valence-corrected chi connectivity index (χ3v) is 3.02. The summed E-state index contributed by atoms with van der Waals surface area (Å²) in [5, 5.41) is 0. The van der Waals surface area contributed by atoms with Crippen LogP contribution in [0.15, 0.2) is 0 Å². The molecule has 0 radical (unpaired) electrons. The molecule has 3 fully saturated rings. The van der Waals surface area contributed by atoms with Crippen LogP contribution < -0.4 is 0 Å². The van der Waals surface area contributed by atoms with Crippen LogP contribution >= 0.6 is 0 Å². The molecular weight excluding hydrogens is 128 g/mol. The molecule has 0 aromatic carbocycles. The first-order chi connectivity index (χ1) is 4.64. The number of hydrogen-bond acceptors (Lipinski definition) is 2. The Balaban J connectivity index is 1.83. The number of rotatable bonds is 0. The first-order valence-corrected chi connectivity index (χ1v) is 3.98. The molecule has 0 aromatic heterocycles. The summed E-state index contributed by atoms with van der Waals surface area (Å²) in [5.74, 6) is 1.44. The molecule has 2 heteroatoms. The Morgan fingerprint density at radius 2 is 2.00 bits per heavy atom. The second kappa shape index (κ2) is 1.16. The zero-order valence-electron chi connectivity index (χ0n) is 6.39. The molecule has 1 heterocycles. The summed E-state index contributed by atoms with van der Waals surface area (Å²) in [6.07, 6.45) is 1.39. The molecule has 0 aromatic rings. The van der Waals surface area contributed by atoms with Crippen LogP contribution in [-0.2, 0) is 9.47 Å². The van der Waals surface area contributed by atoms with Crippen LogP contribution in [0.5, 0.6) is 0 Å². The molecular formula is C8H12O2. The van der Waals surface area contributed by atoms with Gasteiger partial charge in [-0.05, 0) is 32.1 Å². The minimum atomic E-state index is -0.298. The molecule has 56 valence electrons. The zero-order valence-corrected chi connectivity index (χ0v) is 6.39. The zero-order chi connectivity index (χ0) is 6.98. The van der Waals surface area contributed by atoms with Crippen molar-refractivity contribution < 1.29 is 9.47 Å². The van der Waals surface area contributed by atoms with Gasteiger partial charge in [-0.2, -0.15) is 0 Å². The third kappa shape index (κ3) is 0.453. The fourth-order valence-corrected chi connectivity index (χ4v) is 2.18. The Bertz CT molecular complexity index is 189. The Morgan fingerprint density at radius 3 is 2.20 bits per heavy atom. The van der Waals surface area contributed by atoms with E-state index in [1.54, 1.807) is 0 Å². The number of hydrogen-bond donors (Lipinski definition) is 0. The van der Waals surface area contributed by atoms with E-state index < -0.39 is 0 Å². The molecule has 1 saturated heterocycles. The standard InChI is InChI=1S/C8H12O2/c1-7(2)9-4-8(10-7)5-3-6(5)8/h5-6H,3-4H2,1-2H3. The lowest BCUT2D eigenvalue weighted by molar-refractivity contribution is -0.150. The van der Waals surface area contributed by atoms with Crippen molar-refractivity contribution in [1.82, 2.24) is 0 Å². The molecule has 0 N–H and O–H groups in total. The highest BCUT2D eigenvalue weighted by Crippen LogP contribution is 2.75. The van der Waals surface area contributed by atoms with E-state index in [1.165, 1.54) is 6.42 Å². The summed E-state index contributed by atoms with van der Waals surface area (Å²) in [5.41, 5.74) is 0.212. The highest BCUT2D eigenvalue weighted by atomic mass is 16.8. The van der Waals surface area contributed by atoms with Crippen molar-refractivity contribution in [2.75, 3.05) is 6.61 Å². The fraction of sp³-hybridized carbons (Fsp3) is 1.00. The van der Waals surface area contributed by atoms with Gasteiger partial charge in [0.05, 0.1) is 6.61 Å². The predicted octanol–water partition coefficient (Wildman–Crippen LogP) is 1.16. The highest BCUT2D eigenvalue weighted by Gasteiger charge is 2.81. The molecule has 2 atom stereocenters. The maximum atomic E-state index is 5.79. The SMILES string of the molecule is CC1(C)OCC2(O1)C1CC12. The van der Waals surface area contributed by atoms with E-state index in [1.807, 2.05) is 13.8 Å². The molecule has 3 aliphatic rings. The monoisotopic (exact) mass is 140 g/mol. The summed E-state index contributed by atoms with van der Waals surface area (Å²) in [4.78, 5) is 0. The van der Waals surface area contributed by atoms with E-state index in [9.17, 15) is 0 Å². The second-order valence-corrected chi connectivity index (χ2v) is 4.19. The molecule has 0 amide bonds. The summed E-state index contributed by atoms with van der Waals surface area (Å²) >= 11 is 0. The van der Waals surface area contributed by atoms with E-state index in [-0.39, 0.29) is 11.4 Å². The average Bonchev–Trinajstić information content (AvgIpc) is 2.65. The van der Waals surface area contributed by atoms with E-state index >= 15 is 0 Å². The molecule has 2 unspecified atom stereocenters. The minimum Gasteiger partial charge on any atom is -0.347 e. The molecule has 2 saturated carbocycles. The Morgan fingerprint density at radius 1 is 1.30 bits per heavy atom. The Hall–Kier alpha value is -0.0800. The van der Waals surface area contributed by atoms with Crippen LogP contribution in [0.3, 0.4) is 0 Å². The van der Waals surface area contributed by atoms with Gasteiger partial charge in [0.1, 0.15) is 5.60 Å². The maximum Gasteiger partial charge on any atom is 0.163 e. The second-order valence-electron chi connectivity index (χ2n) is 4.19. The van der Waals surface area contributed by atoms with Gasteiger partial charge in [0, 0.05) is 0 Å². The first kappa shape index (κ1) is 5.56. The fourth-order valence-electron chi connectivity index (χ4n) is 2.18. The van der Waals surface area contributed by atoms with Crippen molar-refractivity contribution in [3.05, 3.63) is 0 Å². The minimum absolute atomic E-state index is 0.212. The van der Waals surface area contributed by atoms with E-state index in [0.717, 1.165) is 18.4 Å². The van der Waals surface area contributed by atoms with Gasteiger partial charge in [-0.15, -0.1) is 0 Å². The van der Waals surface area contributed by atoms with Crippen LogP contribution in [-0.4, -0.2) is 18.0 Å².